The van der Waals surface area contributed by atoms with Crippen LogP contribution in [-0.2, 0) is 6.54 Å². The molecular weight excluding hydrogens is 324 g/mol. The smallest absolute Gasteiger partial charge is 0.267 e. The number of hydrogen-bond donors (Lipinski definition) is 0. The third-order valence-corrected chi connectivity index (χ3v) is 3.98. The fraction of sp³-hybridized carbons (Fsp3) is 0.0455. The highest BCUT2D eigenvalue weighted by Crippen LogP contribution is 2.14. The number of nitrogens with zero attached hydrogens (tertiary/aromatic N) is 2. The van der Waals surface area contributed by atoms with Gasteiger partial charge in [-0.3, -0.25) is 9.59 Å². The predicted molar refractivity (Wildman–Crippen MR) is 98.2 cm³/mol. The number of carbonyl (C=O) groups is 2. The molecular formula is C22H16N2O2. The molecule has 1 amide bonds. The van der Waals surface area contributed by atoms with Gasteiger partial charge in [0.15, 0.2) is 12.0 Å². The first-order chi connectivity index (χ1) is 12.7. The first kappa shape index (κ1) is 17.1. The molecule has 3 aromatic carbocycles. The summed E-state index contributed by atoms with van der Waals surface area (Å²) in [7, 11) is 0. The second kappa shape index (κ2) is 7.91. The summed E-state index contributed by atoms with van der Waals surface area (Å²) in [4.78, 5) is 26.1. The molecule has 3 rings (SSSR count). The summed E-state index contributed by atoms with van der Waals surface area (Å²) in [5, 5.41) is 9.31. The summed E-state index contributed by atoms with van der Waals surface area (Å²) in [6.45, 7) is 0.209. The summed E-state index contributed by atoms with van der Waals surface area (Å²) >= 11 is 0. The number of nitriles is 1. The average molecular weight is 340 g/mol. The van der Waals surface area contributed by atoms with Crippen molar-refractivity contribution in [3.05, 3.63) is 107 Å². The highest BCUT2D eigenvalue weighted by atomic mass is 16.2. The molecule has 126 valence electrons. The van der Waals surface area contributed by atoms with Crippen LogP contribution in [0.4, 0.5) is 0 Å². The van der Waals surface area contributed by atoms with Gasteiger partial charge in [-0.05, 0) is 17.7 Å². The van der Waals surface area contributed by atoms with E-state index in [1.165, 1.54) is 0 Å². The van der Waals surface area contributed by atoms with Crippen molar-refractivity contribution in [1.82, 2.24) is 4.90 Å². The van der Waals surface area contributed by atoms with Crippen LogP contribution in [-0.4, -0.2) is 16.6 Å². The first-order valence-corrected chi connectivity index (χ1v) is 8.14. The summed E-state index contributed by atoms with van der Waals surface area (Å²) in [5.74, 6) is -0.499. The fourth-order valence-corrected chi connectivity index (χ4v) is 2.59. The maximum Gasteiger partial charge on any atom is 0.267 e. The maximum absolute atomic E-state index is 12.5. The standard InChI is InChI=1S/C22H16N2O2/c23-16-24(15-17-7-3-1-4-8-17)22(26)20-13-11-19(12-14-20)21(25)18-9-5-2-6-10-18/h1-14H,15H2. The minimum absolute atomic E-state index is 0.106. The molecule has 0 saturated heterocycles. The Kier molecular flexibility index (Phi) is 5.21. The zero-order chi connectivity index (χ0) is 18.4. The second-order valence-corrected chi connectivity index (χ2v) is 5.75. The van der Waals surface area contributed by atoms with Crippen LogP contribution in [0.1, 0.15) is 31.8 Å². The van der Waals surface area contributed by atoms with E-state index in [0.29, 0.717) is 16.7 Å². The quantitative estimate of drug-likeness (QED) is 0.400. The van der Waals surface area contributed by atoms with Crippen LogP contribution < -0.4 is 0 Å². The zero-order valence-corrected chi connectivity index (χ0v) is 14.0. The molecule has 0 atom stereocenters. The molecule has 0 fully saturated rings. The number of amides is 1. The normalized spacial score (nSPS) is 9.96. The molecule has 0 saturated carbocycles. The molecule has 26 heavy (non-hydrogen) atoms. The van der Waals surface area contributed by atoms with E-state index in [4.69, 9.17) is 0 Å². The van der Waals surface area contributed by atoms with E-state index < -0.39 is 5.91 Å². The van der Waals surface area contributed by atoms with Crippen molar-refractivity contribution in [2.75, 3.05) is 0 Å². The van der Waals surface area contributed by atoms with Crippen LogP contribution >= 0.6 is 0 Å². The highest BCUT2D eigenvalue weighted by Gasteiger charge is 2.17. The molecule has 0 unspecified atom stereocenters. The molecule has 0 aliphatic rings. The van der Waals surface area contributed by atoms with Gasteiger partial charge in [-0.25, -0.2) is 4.90 Å². The van der Waals surface area contributed by atoms with Gasteiger partial charge in [0.2, 0.25) is 0 Å². The van der Waals surface area contributed by atoms with E-state index in [1.54, 1.807) is 48.5 Å². The molecule has 0 heterocycles. The van der Waals surface area contributed by atoms with Crippen molar-refractivity contribution in [1.29, 1.82) is 5.26 Å². The van der Waals surface area contributed by atoms with Gasteiger partial charge in [0.1, 0.15) is 0 Å². The van der Waals surface area contributed by atoms with Crippen molar-refractivity contribution in [2.45, 2.75) is 6.54 Å². The van der Waals surface area contributed by atoms with Crippen LogP contribution in [0, 0.1) is 11.5 Å². The minimum Gasteiger partial charge on any atom is -0.289 e. The molecule has 0 N–H and O–H groups in total. The Balaban J connectivity index is 1.76. The molecule has 0 radical (unpaired) electrons. The van der Waals surface area contributed by atoms with Gasteiger partial charge in [-0.1, -0.05) is 72.8 Å². The van der Waals surface area contributed by atoms with E-state index in [0.717, 1.165) is 10.5 Å². The predicted octanol–water partition coefficient (Wildman–Crippen LogP) is 4.04. The molecule has 3 aromatic rings. The highest BCUT2D eigenvalue weighted by molar-refractivity contribution is 6.09. The number of hydrogen-bond acceptors (Lipinski definition) is 3. The summed E-state index contributed by atoms with van der Waals surface area (Å²) < 4.78 is 0. The molecule has 4 heteroatoms. The van der Waals surface area contributed by atoms with Crippen molar-refractivity contribution in [3.63, 3.8) is 0 Å². The van der Waals surface area contributed by atoms with Gasteiger partial charge in [0, 0.05) is 16.7 Å². The van der Waals surface area contributed by atoms with Crippen LogP contribution in [0.2, 0.25) is 0 Å². The van der Waals surface area contributed by atoms with Gasteiger partial charge >= 0.3 is 0 Å². The molecule has 4 nitrogen and oxygen atoms in total. The third kappa shape index (κ3) is 3.85. The Bertz CT molecular complexity index is 943. The minimum atomic E-state index is -0.393. The molecule has 0 aromatic heterocycles. The topological polar surface area (TPSA) is 61.2 Å². The number of ketones is 1. The Morgan fingerprint density at radius 3 is 1.81 bits per heavy atom. The van der Waals surface area contributed by atoms with Crippen molar-refractivity contribution >= 4 is 11.7 Å². The van der Waals surface area contributed by atoms with E-state index >= 15 is 0 Å². The van der Waals surface area contributed by atoms with Crippen LogP contribution in [0.5, 0.6) is 0 Å². The zero-order valence-electron chi connectivity index (χ0n) is 14.0. The van der Waals surface area contributed by atoms with E-state index in [-0.39, 0.29) is 12.3 Å². The van der Waals surface area contributed by atoms with Gasteiger partial charge in [0.05, 0.1) is 6.54 Å². The van der Waals surface area contributed by atoms with Crippen LogP contribution in [0.15, 0.2) is 84.9 Å². The van der Waals surface area contributed by atoms with Crippen LogP contribution in [0.25, 0.3) is 0 Å². The molecule has 0 aliphatic carbocycles. The van der Waals surface area contributed by atoms with Gasteiger partial charge in [0.25, 0.3) is 5.91 Å². The summed E-state index contributed by atoms with van der Waals surface area (Å²) in [6.07, 6.45) is 1.93. The maximum atomic E-state index is 12.5. The fourth-order valence-electron chi connectivity index (χ4n) is 2.59. The Morgan fingerprint density at radius 2 is 1.23 bits per heavy atom. The molecule has 0 spiro atoms. The van der Waals surface area contributed by atoms with Crippen molar-refractivity contribution in [3.8, 4) is 6.19 Å². The Labute approximate surface area is 151 Å². The SMILES string of the molecule is N#CN(Cc1ccccc1)C(=O)c1ccc(C(=O)c2ccccc2)cc1. The lowest BCUT2D eigenvalue weighted by Crippen LogP contribution is -2.25. The Hall–Kier alpha value is -3.71. The van der Waals surface area contributed by atoms with Crippen LogP contribution in [0.3, 0.4) is 0 Å². The molecule has 0 aliphatic heterocycles. The van der Waals surface area contributed by atoms with E-state index in [9.17, 15) is 14.9 Å². The van der Waals surface area contributed by atoms with E-state index in [1.807, 2.05) is 42.6 Å². The third-order valence-electron chi connectivity index (χ3n) is 3.98. The lowest BCUT2D eigenvalue weighted by atomic mass is 10.0. The molecule has 0 bridgehead atoms. The average Bonchev–Trinajstić information content (AvgIpc) is 2.72. The van der Waals surface area contributed by atoms with Gasteiger partial charge in [-0.15, -0.1) is 0 Å². The second-order valence-electron chi connectivity index (χ2n) is 5.75. The van der Waals surface area contributed by atoms with Gasteiger partial charge < -0.3 is 0 Å². The largest absolute Gasteiger partial charge is 0.289 e. The lowest BCUT2D eigenvalue weighted by molar-refractivity contribution is 0.0823. The number of rotatable bonds is 5. The summed E-state index contributed by atoms with van der Waals surface area (Å²) in [6, 6.07) is 24.7. The van der Waals surface area contributed by atoms with Crippen molar-refractivity contribution in [2.24, 2.45) is 0 Å². The Morgan fingerprint density at radius 1 is 0.731 bits per heavy atom. The van der Waals surface area contributed by atoms with E-state index in [2.05, 4.69) is 0 Å². The first-order valence-electron chi connectivity index (χ1n) is 8.14. The summed E-state index contributed by atoms with van der Waals surface area (Å²) in [5.41, 5.74) is 2.33. The number of carbonyl (C=O) groups excluding carboxylic acids is 2. The lowest BCUT2D eigenvalue weighted by Gasteiger charge is -2.14. The monoisotopic (exact) mass is 340 g/mol. The van der Waals surface area contributed by atoms with Crippen molar-refractivity contribution < 1.29 is 9.59 Å². The van der Waals surface area contributed by atoms with Gasteiger partial charge in [-0.2, -0.15) is 5.26 Å². The number of benzene rings is 3.